The quantitative estimate of drug-likeness (QED) is 0.473. The average molecular weight is 404 g/mol. The lowest BCUT2D eigenvalue weighted by atomic mass is 9.96. The van der Waals surface area contributed by atoms with Gasteiger partial charge in [0, 0.05) is 28.8 Å². The normalized spacial score (nSPS) is 15.8. The minimum atomic E-state index is -0.841. The molecule has 1 saturated heterocycles. The fourth-order valence-electron chi connectivity index (χ4n) is 2.29. The first-order valence-electron chi connectivity index (χ1n) is 6.36. The van der Waals surface area contributed by atoms with Crippen LogP contribution in [-0.2, 0) is 4.79 Å². The van der Waals surface area contributed by atoms with Crippen LogP contribution in [0.3, 0.4) is 0 Å². The molecule has 0 radical (unpaired) electrons. The number of likely N-dealkylation sites (tertiary alicyclic amines) is 1. The fourth-order valence-corrected chi connectivity index (χ4v) is 2.86. The average Bonchev–Trinajstić information content (AvgIpc) is 2.47. The van der Waals surface area contributed by atoms with Gasteiger partial charge >= 0.3 is 5.97 Å². The van der Waals surface area contributed by atoms with E-state index >= 15 is 0 Å². The van der Waals surface area contributed by atoms with Crippen LogP contribution < -0.4 is 0 Å². The molecule has 0 spiro atoms. The molecule has 21 heavy (non-hydrogen) atoms. The lowest BCUT2D eigenvalue weighted by Crippen LogP contribution is -2.40. The molecular weight excluding hydrogens is 391 g/mol. The van der Waals surface area contributed by atoms with Crippen molar-refractivity contribution in [3.05, 3.63) is 37.4 Å². The second-order valence-corrected chi connectivity index (χ2v) is 5.99. The van der Waals surface area contributed by atoms with Gasteiger partial charge in [0.15, 0.2) is 0 Å². The number of nitrogens with zero attached hydrogens (tertiary/aromatic N) is 2. The first-order valence-corrected chi connectivity index (χ1v) is 7.44. The van der Waals surface area contributed by atoms with E-state index in [1.165, 1.54) is 18.2 Å². The lowest BCUT2D eigenvalue weighted by Gasteiger charge is -2.30. The summed E-state index contributed by atoms with van der Waals surface area (Å²) in [6.07, 6.45) is 0.819. The summed E-state index contributed by atoms with van der Waals surface area (Å²) in [6, 6.07) is 4.17. The third-order valence-corrected chi connectivity index (χ3v) is 4.46. The zero-order valence-electron chi connectivity index (χ0n) is 11.0. The zero-order valence-corrected chi connectivity index (χ0v) is 13.1. The summed E-state index contributed by atoms with van der Waals surface area (Å²) in [5.41, 5.74) is 0.165. The highest BCUT2D eigenvalue weighted by atomic mass is 127. The Morgan fingerprint density at radius 2 is 1.95 bits per heavy atom. The van der Waals surface area contributed by atoms with Gasteiger partial charge in [0.2, 0.25) is 0 Å². The molecule has 1 amide bonds. The molecule has 7 nitrogen and oxygen atoms in total. The molecule has 0 bridgehead atoms. The van der Waals surface area contributed by atoms with Crippen LogP contribution in [0, 0.1) is 19.6 Å². The number of aliphatic carboxylic acids is 1. The minimum Gasteiger partial charge on any atom is -0.481 e. The fraction of sp³-hybridized carbons (Fsp3) is 0.385. The number of hydrogen-bond acceptors (Lipinski definition) is 4. The molecule has 0 aromatic heterocycles. The Morgan fingerprint density at radius 3 is 2.48 bits per heavy atom. The number of non-ortho nitro benzene ring substituents is 1. The number of carboxylic acids is 1. The number of carboxylic acid groups (broad SMARTS) is 1. The third kappa shape index (κ3) is 3.49. The molecule has 112 valence electrons. The molecule has 0 atom stereocenters. The van der Waals surface area contributed by atoms with Crippen LogP contribution in [-0.4, -0.2) is 39.9 Å². The van der Waals surface area contributed by atoms with Crippen LogP contribution in [0.5, 0.6) is 0 Å². The first-order chi connectivity index (χ1) is 9.90. The van der Waals surface area contributed by atoms with E-state index in [1.807, 2.05) is 22.6 Å². The molecule has 8 heteroatoms. The van der Waals surface area contributed by atoms with Gasteiger partial charge in [0.25, 0.3) is 11.6 Å². The second-order valence-electron chi connectivity index (χ2n) is 4.83. The van der Waals surface area contributed by atoms with Crippen molar-refractivity contribution in [2.75, 3.05) is 13.1 Å². The molecule has 1 aliphatic heterocycles. The summed E-state index contributed by atoms with van der Waals surface area (Å²) in [5, 5.41) is 19.7. The maximum absolute atomic E-state index is 12.4. The second kappa shape index (κ2) is 6.37. The van der Waals surface area contributed by atoms with Gasteiger partial charge in [-0.2, -0.15) is 0 Å². The monoisotopic (exact) mass is 404 g/mol. The van der Waals surface area contributed by atoms with E-state index in [-0.39, 0.29) is 11.6 Å². The maximum Gasteiger partial charge on any atom is 0.306 e. The van der Waals surface area contributed by atoms with Crippen LogP contribution in [0.1, 0.15) is 23.2 Å². The largest absolute Gasteiger partial charge is 0.481 e. The number of benzene rings is 1. The summed E-state index contributed by atoms with van der Waals surface area (Å²) in [5.74, 6) is -1.54. The van der Waals surface area contributed by atoms with E-state index in [0.29, 0.717) is 35.1 Å². The van der Waals surface area contributed by atoms with E-state index in [1.54, 1.807) is 4.90 Å². The number of halogens is 1. The molecule has 0 aliphatic carbocycles. The van der Waals surface area contributed by atoms with Gasteiger partial charge in [-0.1, -0.05) is 0 Å². The van der Waals surface area contributed by atoms with Gasteiger partial charge in [0.1, 0.15) is 0 Å². The van der Waals surface area contributed by atoms with E-state index in [2.05, 4.69) is 0 Å². The van der Waals surface area contributed by atoms with Crippen LogP contribution >= 0.6 is 22.6 Å². The van der Waals surface area contributed by atoms with Crippen molar-refractivity contribution in [1.29, 1.82) is 0 Å². The Hall–Kier alpha value is -1.71. The Bertz CT molecular complexity index is 596. The molecule has 1 aliphatic rings. The van der Waals surface area contributed by atoms with Crippen molar-refractivity contribution in [3.63, 3.8) is 0 Å². The minimum absolute atomic E-state index is 0.126. The van der Waals surface area contributed by atoms with Gasteiger partial charge in [-0.05, 0) is 41.5 Å². The topological polar surface area (TPSA) is 101 Å². The van der Waals surface area contributed by atoms with Gasteiger partial charge in [-0.15, -0.1) is 0 Å². The maximum atomic E-state index is 12.4. The number of nitro benzene ring substituents is 1. The predicted octanol–water partition coefficient (Wildman–Crippen LogP) is 2.14. The van der Waals surface area contributed by atoms with Crippen molar-refractivity contribution in [1.82, 2.24) is 4.90 Å². The van der Waals surface area contributed by atoms with E-state index in [4.69, 9.17) is 5.11 Å². The number of piperidine rings is 1. The van der Waals surface area contributed by atoms with Crippen molar-refractivity contribution in [2.24, 2.45) is 5.92 Å². The van der Waals surface area contributed by atoms with Crippen LogP contribution in [0.4, 0.5) is 5.69 Å². The number of hydrogen-bond donors (Lipinski definition) is 1. The van der Waals surface area contributed by atoms with Crippen molar-refractivity contribution in [3.8, 4) is 0 Å². The predicted molar refractivity (Wildman–Crippen MR) is 82.1 cm³/mol. The number of carbonyl (C=O) groups excluding carboxylic acids is 1. The van der Waals surface area contributed by atoms with Crippen LogP contribution in [0.25, 0.3) is 0 Å². The van der Waals surface area contributed by atoms with Gasteiger partial charge in [-0.3, -0.25) is 19.7 Å². The lowest BCUT2D eigenvalue weighted by molar-refractivity contribution is -0.384. The summed E-state index contributed by atoms with van der Waals surface area (Å²) >= 11 is 1.96. The van der Waals surface area contributed by atoms with E-state index in [9.17, 15) is 19.7 Å². The number of rotatable bonds is 3. The smallest absolute Gasteiger partial charge is 0.306 e. The van der Waals surface area contributed by atoms with Crippen molar-refractivity contribution < 1.29 is 19.6 Å². The van der Waals surface area contributed by atoms with Crippen LogP contribution in [0.2, 0.25) is 0 Å². The van der Waals surface area contributed by atoms with Crippen molar-refractivity contribution >= 4 is 40.2 Å². The molecule has 1 heterocycles. The highest BCUT2D eigenvalue weighted by Gasteiger charge is 2.28. The Kier molecular flexibility index (Phi) is 4.76. The summed E-state index contributed by atoms with van der Waals surface area (Å²) in [6.45, 7) is 0.711. The molecular formula is C13H13IN2O5. The van der Waals surface area contributed by atoms with Gasteiger partial charge in [-0.25, -0.2) is 0 Å². The van der Waals surface area contributed by atoms with Crippen molar-refractivity contribution in [2.45, 2.75) is 12.8 Å². The van der Waals surface area contributed by atoms with Crippen LogP contribution in [0.15, 0.2) is 18.2 Å². The summed E-state index contributed by atoms with van der Waals surface area (Å²) in [4.78, 5) is 35.1. The highest BCUT2D eigenvalue weighted by Crippen LogP contribution is 2.24. The standard InChI is InChI=1S/C13H13IN2O5/c14-11-2-1-9(16(20)21)7-10(11)12(17)15-5-3-8(4-6-15)13(18)19/h1-2,7-8H,3-6H2,(H,18,19). The van der Waals surface area contributed by atoms with Gasteiger partial charge in [0.05, 0.1) is 16.4 Å². The van der Waals surface area contributed by atoms with E-state index in [0.717, 1.165) is 0 Å². The SMILES string of the molecule is O=C(O)C1CCN(C(=O)c2cc([N+](=O)[O-])ccc2I)CC1. The molecule has 1 N–H and O–H groups in total. The Morgan fingerprint density at radius 1 is 1.33 bits per heavy atom. The summed E-state index contributed by atoms with van der Waals surface area (Å²) < 4.78 is 0.642. The van der Waals surface area contributed by atoms with E-state index < -0.39 is 16.8 Å². The molecule has 1 fully saturated rings. The Balaban J connectivity index is 2.16. The summed E-state index contributed by atoms with van der Waals surface area (Å²) in [7, 11) is 0. The number of nitro groups is 1. The molecule has 0 saturated carbocycles. The Labute approximate surface area is 134 Å². The molecule has 0 unspecified atom stereocenters. The number of amides is 1. The first kappa shape index (κ1) is 15.7. The molecule has 2 rings (SSSR count). The highest BCUT2D eigenvalue weighted by molar-refractivity contribution is 14.1. The number of carbonyl (C=O) groups is 2. The molecule has 1 aromatic carbocycles. The molecule has 1 aromatic rings. The third-order valence-electron chi connectivity index (χ3n) is 3.52. The van der Waals surface area contributed by atoms with Gasteiger partial charge < -0.3 is 10.0 Å². The zero-order chi connectivity index (χ0) is 15.6.